The average Bonchev–Trinajstić information content (AvgIpc) is 2.68. The summed E-state index contributed by atoms with van der Waals surface area (Å²) in [5, 5.41) is 3.97. The Balaban J connectivity index is 0.00000200. The summed E-state index contributed by atoms with van der Waals surface area (Å²) in [4.78, 5) is 14.3. The van der Waals surface area contributed by atoms with Crippen molar-refractivity contribution in [2.75, 3.05) is 33.3 Å². The predicted molar refractivity (Wildman–Crippen MR) is 82.5 cm³/mol. The molecule has 1 aliphatic rings. The fraction of sp³-hybridized carbons (Fsp3) is 0.500. The molecule has 1 unspecified atom stereocenters. The lowest BCUT2D eigenvalue weighted by molar-refractivity contribution is -0.147. The fourth-order valence-corrected chi connectivity index (χ4v) is 2.61. The number of carbonyl (C=O) groups excluding carboxylic acids is 1. The van der Waals surface area contributed by atoms with Crippen LogP contribution < -0.4 is 5.32 Å². The molecule has 2 rings (SSSR count). The van der Waals surface area contributed by atoms with E-state index >= 15 is 0 Å². The highest BCUT2D eigenvalue weighted by molar-refractivity contribution is 6.30. The van der Waals surface area contributed by atoms with Crippen LogP contribution in [0.3, 0.4) is 0 Å². The SMILES string of the molecule is COC(=O)C(c1cccc(Cl)c1)N1CCCNCC1.Cl. The Labute approximate surface area is 130 Å². The van der Waals surface area contributed by atoms with Crippen LogP contribution in [0.4, 0.5) is 0 Å². The first-order valence-corrected chi connectivity index (χ1v) is 6.88. The first-order chi connectivity index (χ1) is 9.22. The van der Waals surface area contributed by atoms with Gasteiger partial charge in [-0.2, -0.15) is 0 Å². The minimum Gasteiger partial charge on any atom is -0.468 e. The molecule has 1 aromatic carbocycles. The largest absolute Gasteiger partial charge is 0.468 e. The molecule has 0 aromatic heterocycles. The molecule has 20 heavy (non-hydrogen) atoms. The zero-order valence-electron chi connectivity index (χ0n) is 11.5. The van der Waals surface area contributed by atoms with Crippen molar-refractivity contribution in [1.82, 2.24) is 10.2 Å². The number of nitrogens with zero attached hydrogens (tertiary/aromatic N) is 1. The molecule has 0 saturated carbocycles. The number of ether oxygens (including phenoxy) is 1. The van der Waals surface area contributed by atoms with E-state index in [1.165, 1.54) is 7.11 Å². The van der Waals surface area contributed by atoms with Gasteiger partial charge >= 0.3 is 5.97 Å². The van der Waals surface area contributed by atoms with Crippen LogP contribution in [0, 0.1) is 0 Å². The second-order valence-electron chi connectivity index (χ2n) is 4.62. The molecule has 1 aliphatic heterocycles. The molecule has 0 spiro atoms. The molecule has 1 aromatic rings. The zero-order chi connectivity index (χ0) is 13.7. The van der Waals surface area contributed by atoms with Crippen LogP contribution in [0.2, 0.25) is 5.02 Å². The van der Waals surface area contributed by atoms with Crippen LogP contribution in [0.5, 0.6) is 0 Å². The van der Waals surface area contributed by atoms with Gasteiger partial charge in [0, 0.05) is 24.7 Å². The van der Waals surface area contributed by atoms with Gasteiger partial charge in [-0.25, -0.2) is 4.79 Å². The van der Waals surface area contributed by atoms with Crippen molar-refractivity contribution in [3.05, 3.63) is 34.9 Å². The van der Waals surface area contributed by atoms with Crippen LogP contribution >= 0.6 is 24.0 Å². The molecule has 1 fully saturated rings. The Morgan fingerprint density at radius 2 is 2.20 bits per heavy atom. The Hall–Kier alpha value is -0.810. The van der Waals surface area contributed by atoms with Crippen LogP contribution in [-0.4, -0.2) is 44.2 Å². The van der Waals surface area contributed by atoms with E-state index in [0.717, 1.165) is 38.2 Å². The number of hydrogen-bond acceptors (Lipinski definition) is 4. The van der Waals surface area contributed by atoms with Gasteiger partial charge in [0.15, 0.2) is 0 Å². The van der Waals surface area contributed by atoms with Crippen molar-refractivity contribution in [3.63, 3.8) is 0 Å². The standard InChI is InChI=1S/C14H19ClN2O2.ClH/c1-19-14(18)13(11-4-2-5-12(15)10-11)17-8-3-6-16-7-9-17;/h2,4-5,10,13,16H,3,6-9H2,1H3;1H. The highest BCUT2D eigenvalue weighted by atomic mass is 35.5. The van der Waals surface area contributed by atoms with Gasteiger partial charge in [0.25, 0.3) is 0 Å². The predicted octanol–water partition coefficient (Wildman–Crippen LogP) is 2.27. The van der Waals surface area contributed by atoms with E-state index in [1.807, 2.05) is 24.3 Å². The summed E-state index contributed by atoms with van der Waals surface area (Å²) < 4.78 is 4.96. The molecule has 6 heteroatoms. The number of carbonyl (C=O) groups is 1. The van der Waals surface area contributed by atoms with Gasteiger partial charge in [-0.05, 0) is 30.7 Å². The lowest BCUT2D eigenvalue weighted by Gasteiger charge is -2.28. The summed E-state index contributed by atoms with van der Waals surface area (Å²) >= 11 is 6.02. The molecular formula is C14H20Cl2N2O2. The summed E-state index contributed by atoms with van der Waals surface area (Å²) in [6, 6.07) is 7.06. The third-order valence-electron chi connectivity index (χ3n) is 3.33. The van der Waals surface area contributed by atoms with Gasteiger partial charge in [0.2, 0.25) is 0 Å². The van der Waals surface area contributed by atoms with E-state index < -0.39 is 0 Å². The Morgan fingerprint density at radius 1 is 1.40 bits per heavy atom. The van der Waals surface area contributed by atoms with Crippen molar-refractivity contribution in [3.8, 4) is 0 Å². The molecule has 112 valence electrons. The molecular weight excluding hydrogens is 299 g/mol. The molecule has 0 aliphatic carbocycles. The molecule has 1 saturated heterocycles. The quantitative estimate of drug-likeness (QED) is 0.868. The number of esters is 1. The molecule has 0 radical (unpaired) electrons. The molecule has 1 atom stereocenters. The second kappa shape index (κ2) is 8.47. The van der Waals surface area contributed by atoms with Crippen molar-refractivity contribution in [2.45, 2.75) is 12.5 Å². The van der Waals surface area contributed by atoms with E-state index in [1.54, 1.807) is 0 Å². The Bertz CT molecular complexity index is 435. The number of rotatable bonds is 3. The molecule has 0 bridgehead atoms. The van der Waals surface area contributed by atoms with Crippen molar-refractivity contribution < 1.29 is 9.53 Å². The third-order valence-corrected chi connectivity index (χ3v) is 3.56. The zero-order valence-corrected chi connectivity index (χ0v) is 13.0. The molecule has 1 N–H and O–H groups in total. The Kier molecular flexibility index (Phi) is 7.30. The summed E-state index contributed by atoms with van der Waals surface area (Å²) in [5.41, 5.74) is 0.890. The minimum absolute atomic E-state index is 0. The van der Waals surface area contributed by atoms with E-state index in [9.17, 15) is 4.79 Å². The monoisotopic (exact) mass is 318 g/mol. The lowest BCUT2D eigenvalue weighted by atomic mass is 10.1. The van der Waals surface area contributed by atoms with Crippen molar-refractivity contribution in [2.24, 2.45) is 0 Å². The van der Waals surface area contributed by atoms with Gasteiger partial charge in [-0.1, -0.05) is 23.7 Å². The summed E-state index contributed by atoms with van der Waals surface area (Å²) in [7, 11) is 1.43. The normalized spacial score (nSPS) is 17.7. The van der Waals surface area contributed by atoms with Crippen molar-refractivity contribution >= 4 is 30.0 Å². The number of nitrogens with one attached hydrogen (secondary N) is 1. The molecule has 1 heterocycles. The average molecular weight is 319 g/mol. The van der Waals surface area contributed by atoms with Crippen LogP contribution in [-0.2, 0) is 9.53 Å². The van der Waals surface area contributed by atoms with Crippen molar-refractivity contribution in [1.29, 1.82) is 0 Å². The molecule has 0 amide bonds. The van der Waals surface area contributed by atoms with Gasteiger partial charge in [0.1, 0.15) is 6.04 Å². The molecule has 4 nitrogen and oxygen atoms in total. The van der Waals surface area contributed by atoms with Gasteiger partial charge in [0.05, 0.1) is 7.11 Å². The van der Waals surface area contributed by atoms with Gasteiger partial charge in [-0.15, -0.1) is 12.4 Å². The maximum Gasteiger partial charge on any atom is 0.327 e. The summed E-state index contributed by atoms with van der Waals surface area (Å²) in [6.45, 7) is 3.57. The number of methoxy groups -OCH3 is 1. The fourth-order valence-electron chi connectivity index (χ4n) is 2.41. The van der Waals surface area contributed by atoms with Crippen LogP contribution in [0.1, 0.15) is 18.0 Å². The number of benzene rings is 1. The van der Waals surface area contributed by atoms with Crippen LogP contribution in [0.25, 0.3) is 0 Å². The number of hydrogen-bond donors (Lipinski definition) is 1. The maximum absolute atomic E-state index is 12.1. The van der Waals surface area contributed by atoms with Crippen LogP contribution in [0.15, 0.2) is 24.3 Å². The van der Waals surface area contributed by atoms with Gasteiger partial charge in [-0.3, -0.25) is 4.90 Å². The highest BCUT2D eigenvalue weighted by Gasteiger charge is 2.28. The Morgan fingerprint density at radius 3 is 2.90 bits per heavy atom. The van der Waals surface area contributed by atoms with E-state index in [0.29, 0.717) is 5.02 Å². The van der Waals surface area contributed by atoms with E-state index in [4.69, 9.17) is 16.3 Å². The van der Waals surface area contributed by atoms with E-state index in [-0.39, 0.29) is 24.4 Å². The highest BCUT2D eigenvalue weighted by Crippen LogP contribution is 2.25. The minimum atomic E-state index is -0.372. The smallest absolute Gasteiger partial charge is 0.327 e. The first kappa shape index (κ1) is 17.2. The second-order valence-corrected chi connectivity index (χ2v) is 5.06. The maximum atomic E-state index is 12.1. The van der Waals surface area contributed by atoms with Gasteiger partial charge < -0.3 is 10.1 Å². The number of halogens is 2. The summed E-state index contributed by atoms with van der Waals surface area (Å²) in [5.74, 6) is -0.232. The first-order valence-electron chi connectivity index (χ1n) is 6.50. The third kappa shape index (κ3) is 4.35. The van der Waals surface area contributed by atoms with E-state index in [2.05, 4.69) is 10.2 Å². The lowest BCUT2D eigenvalue weighted by Crippen LogP contribution is -2.37. The topological polar surface area (TPSA) is 41.6 Å². The summed E-state index contributed by atoms with van der Waals surface area (Å²) in [6.07, 6.45) is 1.02.